The van der Waals surface area contributed by atoms with Crippen LogP contribution in [0.4, 0.5) is 0 Å². The van der Waals surface area contributed by atoms with Crippen LogP contribution in [0.1, 0.15) is 23.7 Å². The minimum absolute atomic E-state index is 0.582. The van der Waals surface area contributed by atoms with Crippen molar-refractivity contribution in [1.29, 1.82) is 0 Å². The number of benzene rings is 6. The van der Waals surface area contributed by atoms with Crippen LogP contribution in [0.25, 0.3) is 43.1 Å². The Morgan fingerprint density at radius 2 is 0.641 bits per heavy atom. The summed E-state index contributed by atoms with van der Waals surface area (Å²) in [6, 6.07) is 35.1. The van der Waals surface area contributed by atoms with E-state index in [9.17, 15) is 20.4 Å². The monoisotopic (exact) mass is 752 g/mol. The van der Waals surface area contributed by atoms with Crippen LogP contribution < -0.4 is 0 Å². The van der Waals surface area contributed by atoms with E-state index in [0.29, 0.717) is 11.1 Å². The zero-order chi connectivity index (χ0) is 28.2. The van der Waals surface area contributed by atoms with E-state index in [1.54, 1.807) is 0 Å². The summed E-state index contributed by atoms with van der Waals surface area (Å²) in [5, 5.41) is 46.0. The molecule has 6 aromatic rings. The number of aliphatic hydroxyl groups excluding tert-OH is 2. The van der Waals surface area contributed by atoms with Gasteiger partial charge in [0, 0.05) is 11.1 Å². The van der Waals surface area contributed by atoms with E-state index in [4.69, 9.17) is 9.69 Å². The van der Waals surface area contributed by atoms with Crippen molar-refractivity contribution in [3.8, 4) is 0 Å². The molecule has 0 amide bonds. The Labute approximate surface area is 230 Å². The molecule has 0 saturated heterocycles. The van der Waals surface area contributed by atoms with Crippen LogP contribution in [0.5, 0.6) is 0 Å². The Balaban J connectivity index is 0.000000155. The summed E-state index contributed by atoms with van der Waals surface area (Å²) in [5.41, 5.74) is 1.16. The van der Waals surface area contributed by atoms with Crippen molar-refractivity contribution in [2.45, 2.75) is 12.6 Å². The molecule has 0 aliphatic carbocycles. The quantitative estimate of drug-likeness (QED) is 0.111. The first-order valence-electron chi connectivity index (χ1n) is 11.9. The van der Waals surface area contributed by atoms with Gasteiger partial charge in [-0.25, -0.2) is 0 Å². The van der Waals surface area contributed by atoms with E-state index in [0.717, 1.165) is 43.1 Å². The number of aliphatic hydroxyl groups is 4. The number of hydrogen-bond donors (Lipinski definition) is 6. The van der Waals surface area contributed by atoms with Gasteiger partial charge in [-0.3, -0.25) is 0 Å². The molecule has 0 atom stereocenters. The van der Waals surface area contributed by atoms with E-state index in [2.05, 4.69) is 12.1 Å². The molecule has 8 nitrogen and oxygen atoms in total. The van der Waals surface area contributed by atoms with Crippen molar-refractivity contribution < 1.29 is 55.5 Å². The van der Waals surface area contributed by atoms with E-state index in [1.807, 2.05) is 97.1 Å². The van der Waals surface area contributed by atoms with E-state index in [-0.39, 0.29) is 0 Å². The second-order valence-electron chi connectivity index (χ2n) is 8.76. The summed E-state index contributed by atoms with van der Waals surface area (Å²) < 4.78 is 32.2. The first-order chi connectivity index (χ1) is 18.5. The van der Waals surface area contributed by atoms with Gasteiger partial charge >= 0.3 is 35.1 Å². The third-order valence-corrected chi connectivity index (χ3v) is 6.14. The topological polar surface area (TPSA) is 156 Å². The molecule has 6 N–H and O–H groups in total. The fourth-order valence-electron chi connectivity index (χ4n) is 4.65. The molecule has 0 aromatic heterocycles. The predicted octanol–water partition coefficient (Wildman–Crippen LogP) is 4.60. The molecule has 0 aliphatic rings. The molecule has 39 heavy (non-hydrogen) atoms. The molecule has 9 heteroatoms. The summed E-state index contributed by atoms with van der Waals surface area (Å²) in [6.07, 6.45) is -2.91. The van der Waals surface area contributed by atoms with Crippen molar-refractivity contribution in [3.63, 3.8) is 0 Å². The molecule has 0 bridgehead atoms. The van der Waals surface area contributed by atoms with Gasteiger partial charge in [-0.05, 0) is 55.2 Å². The zero-order valence-electron chi connectivity index (χ0n) is 20.5. The first kappa shape index (κ1) is 28.8. The Morgan fingerprint density at radius 3 is 0.846 bits per heavy atom. The SMILES string of the molecule is OC(O)c1c2ccccc2cc2ccccc12.OC(O)c1c2ccccc2cc2ccccc12.[O]=[U](=[O])([OH])[OH]. The zero-order valence-corrected chi connectivity index (χ0v) is 24.7. The Hall–Kier alpha value is -3.23. The molecule has 0 unspecified atom stereocenters. The summed E-state index contributed by atoms with van der Waals surface area (Å²) in [7, 11) is 0. The van der Waals surface area contributed by atoms with Crippen LogP contribution in [-0.2, 0) is 4.47 Å². The molecule has 6 rings (SSSR count). The van der Waals surface area contributed by atoms with Gasteiger partial charge in [-0.15, -0.1) is 0 Å². The molecular weight excluding hydrogens is 726 g/mol. The van der Waals surface area contributed by atoms with Crippen molar-refractivity contribution in [2.24, 2.45) is 0 Å². The van der Waals surface area contributed by atoms with Gasteiger partial charge in [0.15, 0.2) is 12.6 Å². The number of hydrogen-bond acceptors (Lipinski definition) is 6. The molecule has 0 heterocycles. The van der Waals surface area contributed by atoms with Gasteiger partial charge in [0.1, 0.15) is 0 Å². The van der Waals surface area contributed by atoms with Crippen LogP contribution in [0.2, 0.25) is 0 Å². The normalized spacial score (nSPS) is 11.5. The maximum atomic E-state index is 9.58. The molecule has 0 aliphatic heterocycles. The molecule has 0 radical (unpaired) electrons. The van der Waals surface area contributed by atoms with Crippen LogP contribution in [-0.4, -0.2) is 25.6 Å². The Bertz CT molecular complexity index is 1630. The average molecular weight is 753 g/mol. The van der Waals surface area contributed by atoms with E-state index in [1.165, 1.54) is 0 Å². The molecule has 0 fully saturated rings. The summed E-state index contributed by atoms with van der Waals surface area (Å²) in [6.45, 7) is 0. The van der Waals surface area contributed by atoms with Crippen LogP contribution in [0.3, 0.4) is 0 Å². The van der Waals surface area contributed by atoms with Gasteiger partial charge in [0.2, 0.25) is 0 Å². The van der Waals surface area contributed by atoms with Crippen molar-refractivity contribution in [3.05, 3.63) is 120 Å². The van der Waals surface area contributed by atoms with Crippen molar-refractivity contribution >= 4 is 43.1 Å². The van der Waals surface area contributed by atoms with Gasteiger partial charge in [0.05, 0.1) is 0 Å². The fourth-order valence-corrected chi connectivity index (χ4v) is 4.65. The summed E-state index contributed by atoms with van der Waals surface area (Å²) in [5.74, 6) is 0. The molecule has 0 spiro atoms. The third-order valence-electron chi connectivity index (χ3n) is 6.14. The first-order valence-corrected chi connectivity index (χ1v) is 19.1. The number of rotatable bonds is 2. The van der Waals surface area contributed by atoms with Gasteiger partial charge in [0.25, 0.3) is 0 Å². The number of fused-ring (bicyclic) bond motifs is 4. The predicted molar refractivity (Wildman–Crippen MR) is 143 cm³/mol. The van der Waals surface area contributed by atoms with Gasteiger partial charge < -0.3 is 20.4 Å². The van der Waals surface area contributed by atoms with Crippen LogP contribution in [0, 0.1) is 25.4 Å². The molecular formula is C30H26O8U. The third kappa shape index (κ3) is 7.05. The Morgan fingerprint density at radius 1 is 0.436 bits per heavy atom. The van der Waals surface area contributed by atoms with Crippen molar-refractivity contribution in [2.75, 3.05) is 0 Å². The van der Waals surface area contributed by atoms with Gasteiger partial charge in [-0.2, -0.15) is 0 Å². The van der Waals surface area contributed by atoms with Crippen LogP contribution in [0.15, 0.2) is 109 Å². The van der Waals surface area contributed by atoms with Crippen LogP contribution >= 0.6 is 0 Å². The maximum absolute atomic E-state index is 9.58. The molecule has 6 aromatic carbocycles. The summed E-state index contributed by atoms with van der Waals surface area (Å²) >= 11 is -5.84. The van der Waals surface area contributed by atoms with E-state index < -0.39 is 38.0 Å². The summed E-state index contributed by atoms with van der Waals surface area (Å²) in [4.78, 5) is 0. The van der Waals surface area contributed by atoms with Gasteiger partial charge in [-0.1, -0.05) is 97.1 Å². The van der Waals surface area contributed by atoms with E-state index >= 15 is 0 Å². The minimum atomic E-state index is -5.84. The standard InChI is InChI=1S/2C15H12O2.2H2O.2O.U/c2*16-15(17)14-12-7-3-1-5-10(12)9-11-6-2-4-8-13(11)14;;;;;/h2*1-9,15-17H;2*1H2;;;/q;;;;;;+2/p-2. The molecule has 198 valence electrons. The second-order valence-corrected chi connectivity index (χ2v) is 13.3. The Kier molecular flexibility index (Phi) is 9.08. The van der Waals surface area contributed by atoms with Crippen molar-refractivity contribution in [1.82, 2.24) is 0 Å². The fraction of sp³-hybridized carbons (Fsp3) is 0.0667. The second kappa shape index (κ2) is 12.3. The molecule has 0 saturated carbocycles. The average Bonchev–Trinajstić information content (AvgIpc) is 2.89.